The normalized spacial score (nSPS) is 9.47. The molecule has 4 nitrogen and oxygen atoms in total. The maximum atomic E-state index is 5.48. The largest absolute Gasteiger partial charge is 0.381 e. The molecule has 0 saturated heterocycles. The number of aliphatic imine (C=N–C) groups is 1. The van der Waals surface area contributed by atoms with Crippen LogP contribution in [-0.4, -0.2) is 63.7 Å². The van der Waals surface area contributed by atoms with E-state index in [2.05, 4.69) is 11.9 Å². The molecule has 0 aliphatic rings. The van der Waals surface area contributed by atoms with Crippen LogP contribution in [0, 0.1) is 0 Å². The Hall–Kier alpha value is -0.0400. The van der Waals surface area contributed by atoms with E-state index < -0.39 is 0 Å². The minimum atomic E-state index is 0. The van der Waals surface area contributed by atoms with E-state index in [-0.39, 0.29) is 24.0 Å². The highest BCUT2D eigenvalue weighted by molar-refractivity contribution is 14.0. The number of hydrogen-bond acceptors (Lipinski definition) is 2. The van der Waals surface area contributed by atoms with Gasteiger partial charge in [-0.1, -0.05) is 13.3 Å². The highest BCUT2D eigenvalue weighted by Crippen LogP contribution is 1.93. The molecule has 0 rings (SSSR count). The summed E-state index contributed by atoms with van der Waals surface area (Å²) in [5.74, 6) is 1.01. The van der Waals surface area contributed by atoms with E-state index >= 15 is 0 Å². The van der Waals surface area contributed by atoms with Gasteiger partial charge in [-0.05, 0) is 12.8 Å². The molecular formula is C12H28IN3O. The number of ether oxygens (including phenoxy) is 1. The first-order valence-corrected chi connectivity index (χ1v) is 6.06. The van der Waals surface area contributed by atoms with E-state index in [1.807, 2.05) is 38.0 Å². The van der Waals surface area contributed by atoms with Gasteiger partial charge >= 0.3 is 0 Å². The maximum absolute atomic E-state index is 5.48. The average Bonchev–Trinajstić information content (AvgIpc) is 2.21. The second-order valence-corrected chi connectivity index (χ2v) is 4.29. The zero-order chi connectivity index (χ0) is 12.4. The van der Waals surface area contributed by atoms with Crippen LogP contribution >= 0.6 is 24.0 Å². The third kappa shape index (κ3) is 10.8. The molecule has 0 radical (unpaired) electrons. The lowest BCUT2D eigenvalue weighted by Crippen LogP contribution is -2.35. The summed E-state index contributed by atoms with van der Waals surface area (Å²) in [6.07, 6.45) is 3.35. The summed E-state index contributed by atoms with van der Waals surface area (Å²) in [5, 5.41) is 0. The summed E-state index contributed by atoms with van der Waals surface area (Å²) in [5.41, 5.74) is 0. The van der Waals surface area contributed by atoms with Crippen LogP contribution in [0.4, 0.5) is 0 Å². The van der Waals surface area contributed by atoms with Crippen LogP contribution < -0.4 is 0 Å². The van der Waals surface area contributed by atoms with Crippen LogP contribution in [0.25, 0.3) is 0 Å². The second-order valence-electron chi connectivity index (χ2n) is 4.29. The van der Waals surface area contributed by atoms with Crippen molar-refractivity contribution in [1.82, 2.24) is 9.80 Å². The molecule has 0 unspecified atom stereocenters. The van der Waals surface area contributed by atoms with Crippen molar-refractivity contribution in [3.05, 3.63) is 0 Å². The minimum Gasteiger partial charge on any atom is -0.381 e. The molecule has 0 N–H and O–H groups in total. The van der Waals surface area contributed by atoms with Crippen molar-refractivity contribution in [3.8, 4) is 0 Å². The number of hydrogen-bond donors (Lipinski definition) is 0. The van der Waals surface area contributed by atoms with Crippen molar-refractivity contribution >= 4 is 29.9 Å². The van der Waals surface area contributed by atoms with Gasteiger partial charge in [-0.2, -0.15) is 0 Å². The van der Waals surface area contributed by atoms with Gasteiger partial charge in [0.05, 0.1) is 0 Å². The highest BCUT2D eigenvalue weighted by atomic mass is 127. The number of rotatable bonds is 7. The first-order valence-electron chi connectivity index (χ1n) is 6.06. The van der Waals surface area contributed by atoms with Gasteiger partial charge in [-0.15, -0.1) is 24.0 Å². The van der Waals surface area contributed by atoms with E-state index in [1.165, 1.54) is 6.42 Å². The number of unbranched alkanes of at least 4 members (excludes halogenated alkanes) is 1. The summed E-state index contributed by atoms with van der Waals surface area (Å²) < 4.78 is 5.48. The third-order valence-corrected chi connectivity index (χ3v) is 2.14. The van der Waals surface area contributed by atoms with Crippen LogP contribution in [-0.2, 0) is 4.74 Å². The zero-order valence-electron chi connectivity index (χ0n) is 11.9. The fourth-order valence-electron chi connectivity index (χ4n) is 1.38. The Morgan fingerprint density at radius 2 is 1.53 bits per heavy atom. The van der Waals surface area contributed by atoms with Crippen molar-refractivity contribution < 1.29 is 4.74 Å². The molecule has 0 bridgehead atoms. The predicted molar refractivity (Wildman–Crippen MR) is 85.4 cm³/mol. The van der Waals surface area contributed by atoms with Gasteiger partial charge in [-0.3, -0.25) is 4.99 Å². The van der Waals surface area contributed by atoms with Gasteiger partial charge in [0.2, 0.25) is 0 Å². The summed E-state index contributed by atoms with van der Waals surface area (Å²) >= 11 is 0. The van der Waals surface area contributed by atoms with Gasteiger partial charge in [0.1, 0.15) is 0 Å². The molecule has 104 valence electrons. The van der Waals surface area contributed by atoms with Gasteiger partial charge in [-0.25, -0.2) is 0 Å². The van der Waals surface area contributed by atoms with E-state index in [4.69, 9.17) is 4.74 Å². The zero-order valence-corrected chi connectivity index (χ0v) is 14.2. The molecule has 0 aromatic carbocycles. The standard InChI is InChI=1S/C12H27N3O.HI/c1-6-7-10-16-11-8-9-13-12(14(2)3)15(4)5;/h6-11H2,1-5H3;1H. The molecular weight excluding hydrogens is 329 g/mol. The molecule has 0 spiro atoms. The van der Waals surface area contributed by atoms with Crippen molar-refractivity contribution in [1.29, 1.82) is 0 Å². The molecule has 0 aromatic rings. The molecule has 0 heterocycles. The van der Waals surface area contributed by atoms with Crippen molar-refractivity contribution in [2.24, 2.45) is 4.99 Å². The number of guanidine groups is 1. The maximum Gasteiger partial charge on any atom is 0.195 e. The van der Waals surface area contributed by atoms with E-state index in [9.17, 15) is 0 Å². The Balaban J connectivity index is 0. The van der Waals surface area contributed by atoms with Crippen molar-refractivity contribution in [3.63, 3.8) is 0 Å². The summed E-state index contributed by atoms with van der Waals surface area (Å²) in [4.78, 5) is 8.58. The first kappa shape index (κ1) is 19.3. The molecule has 0 aromatic heterocycles. The van der Waals surface area contributed by atoms with E-state index in [0.717, 1.165) is 38.6 Å². The van der Waals surface area contributed by atoms with Crippen LogP contribution in [0.3, 0.4) is 0 Å². The Morgan fingerprint density at radius 3 is 2.00 bits per heavy atom. The minimum absolute atomic E-state index is 0. The fourth-order valence-corrected chi connectivity index (χ4v) is 1.38. The van der Waals surface area contributed by atoms with Gasteiger partial charge in [0, 0.05) is 47.9 Å². The molecule has 0 atom stereocenters. The molecule has 0 saturated carbocycles. The molecule has 0 fully saturated rings. The average molecular weight is 357 g/mol. The van der Waals surface area contributed by atoms with Crippen LogP contribution in [0.1, 0.15) is 26.2 Å². The monoisotopic (exact) mass is 357 g/mol. The lowest BCUT2D eigenvalue weighted by atomic mass is 10.4. The Bertz CT molecular complexity index is 186. The Labute approximate surface area is 123 Å². The topological polar surface area (TPSA) is 28.1 Å². The van der Waals surface area contributed by atoms with Crippen molar-refractivity contribution in [2.75, 3.05) is 47.9 Å². The predicted octanol–water partition coefficient (Wildman–Crippen LogP) is 2.29. The number of halogens is 1. The Kier molecular flexibility index (Phi) is 14.1. The van der Waals surface area contributed by atoms with E-state index in [0.29, 0.717) is 0 Å². The smallest absolute Gasteiger partial charge is 0.195 e. The molecule has 17 heavy (non-hydrogen) atoms. The van der Waals surface area contributed by atoms with Crippen molar-refractivity contribution in [2.45, 2.75) is 26.2 Å². The second kappa shape index (κ2) is 12.4. The quantitative estimate of drug-likeness (QED) is 0.303. The van der Waals surface area contributed by atoms with Crippen LogP contribution in [0.5, 0.6) is 0 Å². The molecule has 5 heteroatoms. The SMILES string of the molecule is CCCCOCCCN=C(N(C)C)N(C)C.I. The summed E-state index contributed by atoms with van der Waals surface area (Å²) in [7, 11) is 8.04. The van der Waals surface area contributed by atoms with Gasteiger partial charge < -0.3 is 14.5 Å². The lowest BCUT2D eigenvalue weighted by Gasteiger charge is -2.22. The summed E-state index contributed by atoms with van der Waals surface area (Å²) in [6.45, 7) is 4.71. The third-order valence-electron chi connectivity index (χ3n) is 2.14. The highest BCUT2D eigenvalue weighted by Gasteiger charge is 2.02. The fraction of sp³-hybridized carbons (Fsp3) is 0.917. The first-order chi connectivity index (χ1) is 7.59. The van der Waals surface area contributed by atoms with Gasteiger partial charge in [0.15, 0.2) is 5.96 Å². The molecule has 0 aliphatic carbocycles. The lowest BCUT2D eigenvalue weighted by molar-refractivity contribution is 0.130. The van der Waals surface area contributed by atoms with Crippen LogP contribution in [0.15, 0.2) is 4.99 Å². The van der Waals surface area contributed by atoms with E-state index in [1.54, 1.807) is 0 Å². The van der Waals surface area contributed by atoms with Crippen LogP contribution in [0.2, 0.25) is 0 Å². The molecule has 0 amide bonds. The Morgan fingerprint density at radius 1 is 1.00 bits per heavy atom. The molecule has 0 aliphatic heterocycles. The summed E-state index contributed by atoms with van der Waals surface area (Å²) in [6, 6.07) is 0. The number of nitrogens with zero attached hydrogens (tertiary/aromatic N) is 3. The van der Waals surface area contributed by atoms with Gasteiger partial charge in [0.25, 0.3) is 0 Å².